The van der Waals surface area contributed by atoms with Crippen LogP contribution in [0.4, 0.5) is 6.01 Å². The van der Waals surface area contributed by atoms with E-state index < -0.39 is 5.97 Å². The second-order valence-corrected chi connectivity index (χ2v) is 6.24. The second kappa shape index (κ2) is 6.40. The zero-order chi connectivity index (χ0) is 16.3. The van der Waals surface area contributed by atoms with Gasteiger partial charge in [-0.3, -0.25) is 0 Å². The summed E-state index contributed by atoms with van der Waals surface area (Å²) in [6, 6.07) is 7.32. The Morgan fingerprint density at radius 2 is 2.14 bits per heavy atom. The van der Waals surface area contributed by atoms with Crippen molar-refractivity contribution in [1.82, 2.24) is 4.98 Å². The molecule has 1 aromatic heterocycles. The van der Waals surface area contributed by atoms with E-state index in [1.54, 1.807) is 31.2 Å². The van der Waals surface area contributed by atoms with E-state index in [-0.39, 0.29) is 23.9 Å². The van der Waals surface area contributed by atoms with Crippen molar-refractivity contribution >= 4 is 23.6 Å². The fourth-order valence-corrected chi connectivity index (χ4v) is 2.05. The highest BCUT2D eigenvalue weighted by Gasteiger charge is 2.24. The fraction of sp³-hybridized carbons (Fsp3) is 0.375. The van der Waals surface area contributed by atoms with Crippen LogP contribution in [0.3, 0.4) is 0 Å². The van der Waals surface area contributed by atoms with E-state index >= 15 is 0 Å². The zero-order valence-electron chi connectivity index (χ0n) is 13.1. The number of nitrogens with zero attached hydrogens (tertiary/aromatic N) is 1. The number of carbonyl (C=O) groups excluding carboxylic acids is 1. The molecule has 0 aliphatic rings. The highest BCUT2D eigenvalue weighted by Crippen LogP contribution is 2.30. The van der Waals surface area contributed by atoms with Crippen LogP contribution in [0.2, 0.25) is 5.02 Å². The summed E-state index contributed by atoms with van der Waals surface area (Å²) >= 11 is 6.01. The van der Waals surface area contributed by atoms with Crippen molar-refractivity contribution in [1.29, 1.82) is 0 Å². The molecule has 6 heteroatoms. The molecule has 0 aliphatic heterocycles. The van der Waals surface area contributed by atoms with Gasteiger partial charge in [0.25, 0.3) is 6.01 Å². The SMILES string of the molecule is CCOC(=O)c1nc(NC(C)(C)C)oc1-c1cccc(Cl)c1. The lowest BCUT2D eigenvalue weighted by atomic mass is 10.1. The summed E-state index contributed by atoms with van der Waals surface area (Å²) in [5, 5.41) is 3.65. The molecule has 0 fully saturated rings. The Balaban J connectivity index is 2.48. The molecular weight excluding hydrogens is 304 g/mol. The van der Waals surface area contributed by atoms with E-state index in [1.807, 2.05) is 20.8 Å². The van der Waals surface area contributed by atoms with E-state index in [2.05, 4.69) is 10.3 Å². The van der Waals surface area contributed by atoms with Gasteiger partial charge in [0.05, 0.1) is 6.61 Å². The Morgan fingerprint density at radius 1 is 1.41 bits per heavy atom. The minimum absolute atomic E-state index is 0.135. The molecular formula is C16H19ClN2O3. The first kappa shape index (κ1) is 16.4. The van der Waals surface area contributed by atoms with Crippen LogP contribution in [-0.4, -0.2) is 23.1 Å². The second-order valence-electron chi connectivity index (χ2n) is 5.80. The molecule has 0 aliphatic carbocycles. The Bertz CT molecular complexity index is 674. The first-order chi connectivity index (χ1) is 10.3. The van der Waals surface area contributed by atoms with E-state index in [0.717, 1.165) is 0 Å². The maximum Gasteiger partial charge on any atom is 0.361 e. The number of oxazole rings is 1. The standard InChI is InChI=1S/C16H19ClN2O3/c1-5-21-14(20)12-13(10-7-6-8-11(17)9-10)22-15(18-12)19-16(2,3)4/h6-9H,5H2,1-4H3,(H,18,19). The van der Waals surface area contributed by atoms with Gasteiger partial charge in [0.2, 0.25) is 0 Å². The molecule has 0 unspecified atom stereocenters. The number of ether oxygens (including phenoxy) is 1. The van der Waals surface area contributed by atoms with Gasteiger partial charge in [0, 0.05) is 16.1 Å². The van der Waals surface area contributed by atoms with Crippen molar-refractivity contribution in [2.75, 3.05) is 11.9 Å². The summed E-state index contributed by atoms with van der Waals surface area (Å²) in [4.78, 5) is 16.3. The van der Waals surface area contributed by atoms with Crippen LogP contribution in [0.15, 0.2) is 28.7 Å². The molecule has 0 radical (unpaired) electrons. The summed E-state index contributed by atoms with van der Waals surface area (Å²) in [6.45, 7) is 7.93. The topological polar surface area (TPSA) is 64.4 Å². The first-order valence-electron chi connectivity index (χ1n) is 7.02. The van der Waals surface area contributed by atoms with Gasteiger partial charge in [0.15, 0.2) is 11.5 Å². The lowest BCUT2D eigenvalue weighted by Crippen LogP contribution is -2.26. The molecule has 0 spiro atoms. The van der Waals surface area contributed by atoms with Crippen LogP contribution in [0.25, 0.3) is 11.3 Å². The Labute approximate surface area is 134 Å². The average molecular weight is 323 g/mol. The molecule has 0 saturated carbocycles. The molecule has 0 saturated heterocycles. The number of hydrogen-bond donors (Lipinski definition) is 1. The number of hydrogen-bond acceptors (Lipinski definition) is 5. The smallest absolute Gasteiger partial charge is 0.361 e. The molecule has 0 bridgehead atoms. The van der Waals surface area contributed by atoms with Crippen molar-refractivity contribution in [2.24, 2.45) is 0 Å². The maximum atomic E-state index is 12.1. The van der Waals surface area contributed by atoms with Crippen molar-refractivity contribution in [2.45, 2.75) is 33.2 Å². The Hall–Kier alpha value is -2.01. The van der Waals surface area contributed by atoms with E-state index in [9.17, 15) is 4.79 Å². The van der Waals surface area contributed by atoms with E-state index in [4.69, 9.17) is 20.8 Å². The molecule has 2 rings (SSSR count). The van der Waals surface area contributed by atoms with Crippen LogP contribution in [0, 0.1) is 0 Å². The number of carbonyl (C=O) groups is 1. The molecule has 1 heterocycles. The molecule has 0 amide bonds. The minimum atomic E-state index is -0.525. The molecule has 5 nitrogen and oxygen atoms in total. The van der Waals surface area contributed by atoms with Crippen LogP contribution in [-0.2, 0) is 4.74 Å². The van der Waals surface area contributed by atoms with Gasteiger partial charge in [0.1, 0.15) is 0 Å². The van der Waals surface area contributed by atoms with Crippen LogP contribution in [0.5, 0.6) is 0 Å². The number of esters is 1. The van der Waals surface area contributed by atoms with E-state index in [0.29, 0.717) is 16.3 Å². The number of rotatable bonds is 4. The van der Waals surface area contributed by atoms with Gasteiger partial charge in [-0.1, -0.05) is 23.7 Å². The normalized spacial score (nSPS) is 11.3. The van der Waals surface area contributed by atoms with Crippen molar-refractivity contribution in [3.63, 3.8) is 0 Å². The predicted octanol–water partition coefficient (Wildman–Crippen LogP) is 4.38. The van der Waals surface area contributed by atoms with Crippen molar-refractivity contribution in [3.8, 4) is 11.3 Å². The third-order valence-corrected chi connectivity index (χ3v) is 2.90. The summed E-state index contributed by atoms with van der Waals surface area (Å²) < 4.78 is 10.8. The largest absolute Gasteiger partial charge is 0.461 e. The predicted molar refractivity (Wildman–Crippen MR) is 86.3 cm³/mol. The number of aromatic nitrogens is 1. The maximum absolute atomic E-state index is 12.1. The number of anilines is 1. The monoisotopic (exact) mass is 322 g/mol. The van der Waals surface area contributed by atoms with Crippen molar-refractivity contribution < 1.29 is 13.9 Å². The zero-order valence-corrected chi connectivity index (χ0v) is 13.8. The number of benzene rings is 1. The molecule has 0 atom stereocenters. The van der Waals surface area contributed by atoms with Gasteiger partial charge in [-0.2, -0.15) is 4.98 Å². The van der Waals surface area contributed by atoms with Gasteiger partial charge < -0.3 is 14.5 Å². The Morgan fingerprint density at radius 3 is 2.73 bits per heavy atom. The quantitative estimate of drug-likeness (QED) is 0.846. The molecule has 1 aromatic carbocycles. The third-order valence-electron chi connectivity index (χ3n) is 2.66. The van der Waals surface area contributed by atoms with Gasteiger partial charge in [-0.25, -0.2) is 4.79 Å². The summed E-state index contributed by atoms with van der Waals surface area (Å²) in [6.07, 6.45) is 0. The number of nitrogens with one attached hydrogen (secondary N) is 1. The van der Waals surface area contributed by atoms with Gasteiger partial charge >= 0.3 is 5.97 Å². The third kappa shape index (κ3) is 4.01. The lowest BCUT2D eigenvalue weighted by molar-refractivity contribution is 0.0520. The average Bonchev–Trinajstić information content (AvgIpc) is 2.80. The Kier molecular flexibility index (Phi) is 4.76. The summed E-state index contributed by atoms with van der Waals surface area (Å²) in [5.74, 6) is -0.184. The first-order valence-corrected chi connectivity index (χ1v) is 7.40. The highest BCUT2D eigenvalue weighted by atomic mass is 35.5. The van der Waals surface area contributed by atoms with E-state index in [1.165, 1.54) is 0 Å². The summed E-state index contributed by atoms with van der Waals surface area (Å²) in [7, 11) is 0. The van der Waals surface area contributed by atoms with Gasteiger partial charge in [-0.05, 0) is 39.8 Å². The van der Waals surface area contributed by atoms with Gasteiger partial charge in [-0.15, -0.1) is 0 Å². The summed E-state index contributed by atoms with van der Waals surface area (Å²) in [5.41, 5.74) is 0.559. The van der Waals surface area contributed by atoms with Crippen LogP contribution >= 0.6 is 11.6 Å². The van der Waals surface area contributed by atoms with Crippen LogP contribution in [0.1, 0.15) is 38.2 Å². The van der Waals surface area contributed by atoms with Crippen LogP contribution < -0.4 is 5.32 Å². The van der Waals surface area contributed by atoms with Crippen molar-refractivity contribution in [3.05, 3.63) is 35.0 Å². The molecule has 2 aromatic rings. The highest BCUT2D eigenvalue weighted by molar-refractivity contribution is 6.30. The fourth-order valence-electron chi connectivity index (χ4n) is 1.86. The minimum Gasteiger partial charge on any atom is -0.461 e. The number of halogens is 1. The molecule has 22 heavy (non-hydrogen) atoms. The lowest BCUT2D eigenvalue weighted by Gasteiger charge is -2.18. The molecule has 118 valence electrons. The molecule has 1 N–H and O–H groups in total.